The molecule has 0 spiro atoms. The van der Waals surface area contributed by atoms with E-state index in [1.54, 1.807) is 7.11 Å². The van der Waals surface area contributed by atoms with E-state index in [4.69, 9.17) is 4.74 Å². The van der Waals surface area contributed by atoms with Crippen LogP contribution in [0.1, 0.15) is 5.56 Å². The predicted octanol–water partition coefficient (Wildman–Crippen LogP) is 2.79. The Morgan fingerprint density at radius 1 is 1.00 bits per heavy atom. The van der Waals surface area contributed by atoms with Gasteiger partial charge >= 0.3 is 0 Å². The van der Waals surface area contributed by atoms with Gasteiger partial charge in [-0.05, 0) is 29.8 Å². The second-order valence-corrected chi connectivity index (χ2v) is 6.69. The van der Waals surface area contributed by atoms with Gasteiger partial charge < -0.3 is 9.64 Å². The first-order valence-electron chi connectivity index (χ1n) is 8.46. The van der Waals surface area contributed by atoms with Crippen molar-refractivity contribution in [3.8, 4) is 5.75 Å². The maximum Gasteiger partial charge on any atom is 0.231 e. The van der Waals surface area contributed by atoms with Crippen LogP contribution >= 0.6 is 0 Å². The zero-order valence-electron chi connectivity index (χ0n) is 13.9. The summed E-state index contributed by atoms with van der Waals surface area (Å²) in [5.74, 6) is 1.74. The zero-order chi connectivity index (χ0) is 16.5. The fraction of sp³-hybridized carbons (Fsp3) is 0.350. The van der Waals surface area contributed by atoms with Crippen molar-refractivity contribution in [2.45, 2.75) is 6.54 Å². The molecule has 2 heterocycles. The van der Waals surface area contributed by atoms with Gasteiger partial charge in [0, 0.05) is 37.8 Å². The fourth-order valence-electron chi connectivity index (χ4n) is 3.91. The van der Waals surface area contributed by atoms with Gasteiger partial charge in [-0.25, -0.2) is 0 Å². The highest BCUT2D eigenvalue weighted by Gasteiger charge is 2.46. The van der Waals surface area contributed by atoms with E-state index >= 15 is 0 Å². The molecule has 4 heteroatoms. The number of rotatable bonds is 4. The number of benzene rings is 2. The molecule has 2 fully saturated rings. The Morgan fingerprint density at radius 3 is 2.42 bits per heavy atom. The van der Waals surface area contributed by atoms with E-state index in [1.807, 2.05) is 47.4 Å². The molecule has 2 atom stereocenters. The number of para-hydroxylation sites is 1. The van der Waals surface area contributed by atoms with Crippen LogP contribution < -0.4 is 9.64 Å². The normalized spacial score (nSPS) is 23.5. The van der Waals surface area contributed by atoms with E-state index in [0.717, 1.165) is 37.6 Å². The molecule has 0 saturated carbocycles. The van der Waals surface area contributed by atoms with Crippen LogP contribution in [0.3, 0.4) is 0 Å². The largest absolute Gasteiger partial charge is 0.497 e. The number of hydrogen-bond donors (Lipinski definition) is 0. The highest BCUT2D eigenvalue weighted by molar-refractivity contribution is 5.98. The smallest absolute Gasteiger partial charge is 0.231 e. The van der Waals surface area contributed by atoms with Gasteiger partial charge in [-0.1, -0.05) is 30.3 Å². The molecular weight excluding hydrogens is 300 g/mol. The summed E-state index contributed by atoms with van der Waals surface area (Å²) in [6.07, 6.45) is 0. The molecule has 0 bridgehead atoms. The van der Waals surface area contributed by atoms with E-state index in [9.17, 15) is 4.79 Å². The summed E-state index contributed by atoms with van der Waals surface area (Å²) in [7, 11) is 1.68. The summed E-state index contributed by atoms with van der Waals surface area (Å²) in [5.41, 5.74) is 2.29. The molecule has 124 valence electrons. The van der Waals surface area contributed by atoms with Gasteiger partial charge in [0.25, 0.3) is 0 Å². The number of ether oxygens (including phenoxy) is 1. The molecule has 0 aliphatic carbocycles. The van der Waals surface area contributed by atoms with Crippen molar-refractivity contribution in [3.63, 3.8) is 0 Å². The molecule has 2 aliphatic rings. The van der Waals surface area contributed by atoms with Crippen LogP contribution in [0, 0.1) is 11.8 Å². The van der Waals surface area contributed by atoms with Gasteiger partial charge in [0.05, 0.1) is 13.0 Å². The second-order valence-electron chi connectivity index (χ2n) is 6.69. The minimum atomic E-state index is 0.142. The number of likely N-dealkylation sites (tertiary alicyclic amines) is 1. The third-order valence-corrected chi connectivity index (χ3v) is 5.15. The van der Waals surface area contributed by atoms with Crippen LogP contribution in [0.4, 0.5) is 5.69 Å². The number of fused-ring (bicyclic) bond motifs is 1. The quantitative estimate of drug-likeness (QED) is 0.868. The van der Waals surface area contributed by atoms with Crippen molar-refractivity contribution in [1.29, 1.82) is 0 Å². The van der Waals surface area contributed by atoms with Crippen molar-refractivity contribution < 1.29 is 9.53 Å². The van der Waals surface area contributed by atoms with Crippen LogP contribution in [-0.2, 0) is 11.3 Å². The summed E-state index contributed by atoms with van der Waals surface area (Å²) in [6.45, 7) is 3.59. The van der Waals surface area contributed by atoms with E-state index < -0.39 is 0 Å². The summed E-state index contributed by atoms with van der Waals surface area (Å²) >= 11 is 0. The monoisotopic (exact) mass is 322 g/mol. The maximum absolute atomic E-state index is 12.8. The fourth-order valence-corrected chi connectivity index (χ4v) is 3.91. The number of methoxy groups -OCH3 is 1. The van der Waals surface area contributed by atoms with E-state index in [-0.39, 0.29) is 11.8 Å². The highest BCUT2D eigenvalue weighted by atomic mass is 16.5. The molecule has 0 unspecified atom stereocenters. The van der Waals surface area contributed by atoms with Gasteiger partial charge in [-0.15, -0.1) is 0 Å². The second kappa shape index (κ2) is 6.29. The number of carbonyl (C=O) groups excluding carboxylic acids is 1. The minimum Gasteiger partial charge on any atom is -0.497 e. The van der Waals surface area contributed by atoms with Crippen molar-refractivity contribution >= 4 is 11.6 Å². The van der Waals surface area contributed by atoms with E-state index in [1.165, 1.54) is 5.56 Å². The topological polar surface area (TPSA) is 32.8 Å². The number of nitrogens with zero attached hydrogens (tertiary/aromatic N) is 2. The Morgan fingerprint density at radius 2 is 1.75 bits per heavy atom. The third kappa shape index (κ3) is 2.78. The Balaban J connectivity index is 1.40. The highest BCUT2D eigenvalue weighted by Crippen LogP contribution is 2.35. The van der Waals surface area contributed by atoms with E-state index in [0.29, 0.717) is 5.92 Å². The molecule has 2 aliphatic heterocycles. The Labute approximate surface area is 142 Å². The Kier molecular flexibility index (Phi) is 3.98. The first-order chi connectivity index (χ1) is 11.7. The van der Waals surface area contributed by atoms with Gasteiger partial charge in [0.1, 0.15) is 5.75 Å². The molecule has 24 heavy (non-hydrogen) atoms. The lowest BCUT2D eigenvalue weighted by Crippen LogP contribution is -2.32. The van der Waals surface area contributed by atoms with Crippen LogP contribution in [0.15, 0.2) is 54.6 Å². The SMILES string of the molecule is COc1ccc(CN2C[C@H]3CN(c4ccccc4)C(=O)[C@H]3C2)cc1. The zero-order valence-corrected chi connectivity index (χ0v) is 13.9. The summed E-state index contributed by atoms with van der Waals surface area (Å²) in [6, 6.07) is 18.2. The molecule has 0 radical (unpaired) electrons. The first-order valence-corrected chi connectivity index (χ1v) is 8.46. The third-order valence-electron chi connectivity index (χ3n) is 5.15. The molecule has 2 saturated heterocycles. The Bertz CT molecular complexity index is 714. The summed E-state index contributed by atoms with van der Waals surface area (Å²) in [4.78, 5) is 17.1. The van der Waals surface area contributed by atoms with Crippen molar-refractivity contribution in [3.05, 3.63) is 60.2 Å². The maximum atomic E-state index is 12.8. The van der Waals surface area contributed by atoms with E-state index in [2.05, 4.69) is 17.0 Å². The number of amides is 1. The van der Waals surface area contributed by atoms with Crippen molar-refractivity contribution in [1.82, 2.24) is 4.90 Å². The molecule has 0 N–H and O–H groups in total. The van der Waals surface area contributed by atoms with Gasteiger partial charge in [-0.3, -0.25) is 9.69 Å². The molecule has 0 aromatic heterocycles. The molecule has 2 aromatic rings. The molecule has 4 nitrogen and oxygen atoms in total. The summed E-state index contributed by atoms with van der Waals surface area (Å²) < 4.78 is 5.20. The van der Waals surface area contributed by atoms with Gasteiger partial charge in [0.15, 0.2) is 0 Å². The molecule has 2 aromatic carbocycles. The Hall–Kier alpha value is -2.33. The predicted molar refractivity (Wildman–Crippen MR) is 94.0 cm³/mol. The van der Waals surface area contributed by atoms with Crippen LogP contribution in [0.25, 0.3) is 0 Å². The van der Waals surface area contributed by atoms with Crippen molar-refractivity contribution in [2.75, 3.05) is 31.6 Å². The average Bonchev–Trinajstić information content (AvgIpc) is 3.15. The lowest BCUT2D eigenvalue weighted by Gasteiger charge is -2.21. The van der Waals surface area contributed by atoms with Crippen LogP contribution in [0.2, 0.25) is 0 Å². The van der Waals surface area contributed by atoms with Crippen LogP contribution in [0.5, 0.6) is 5.75 Å². The van der Waals surface area contributed by atoms with Gasteiger partial charge in [0.2, 0.25) is 5.91 Å². The first kappa shape index (κ1) is 15.2. The minimum absolute atomic E-state index is 0.142. The van der Waals surface area contributed by atoms with Crippen LogP contribution in [-0.4, -0.2) is 37.6 Å². The number of hydrogen-bond acceptors (Lipinski definition) is 3. The summed E-state index contributed by atoms with van der Waals surface area (Å²) in [5, 5.41) is 0. The lowest BCUT2D eigenvalue weighted by molar-refractivity contribution is -0.120. The van der Waals surface area contributed by atoms with Crippen molar-refractivity contribution in [2.24, 2.45) is 11.8 Å². The number of carbonyl (C=O) groups is 1. The molecule has 4 rings (SSSR count). The number of anilines is 1. The van der Waals surface area contributed by atoms with Gasteiger partial charge in [-0.2, -0.15) is 0 Å². The molecule has 1 amide bonds. The lowest BCUT2D eigenvalue weighted by atomic mass is 10.0. The average molecular weight is 322 g/mol. The molecular formula is C20H22N2O2. The standard InChI is InChI=1S/C20H22N2O2/c1-24-18-9-7-15(8-10-18)11-21-12-16-13-22(20(23)19(16)14-21)17-5-3-2-4-6-17/h2-10,16,19H,11-14H2,1H3/t16-,19-/m0/s1.